The Labute approximate surface area is 121 Å². The Morgan fingerprint density at radius 1 is 1.33 bits per heavy atom. The third kappa shape index (κ3) is 2.66. The molecule has 7 heteroatoms. The third-order valence-corrected chi connectivity index (χ3v) is 2.95. The molecule has 0 radical (unpaired) electrons. The van der Waals surface area contributed by atoms with Gasteiger partial charge in [0, 0.05) is 30.8 Å². The Kier molecular flexibility index (Phi) is 3.46. The maximum Gasteiger partial charge on any atom is 0.252 e. The lowest BCUT2D eigenvalue weighted by Crippen LogP contribution is -2.21. The number of carbonyl (C=O) groups excluding carboxylic acids is 1. The van der Waals surface area contributed by atoms with Crippen molar-refractivity contribution in [2.24, 2.45) is 0 Å². The number of nitrogens with one attached hydrogen (secondary N) is 2. The van der Waals surface area contributed by atoms with Crippen LogP contribution in [0.15, 0.2) is 43.1 Å². The average Bonchev–Trinajstić information content (AvgIpc) is 2.94. The maximum absolute atomic E-state index is 11.9. The summed E-state index contributed by atoms with van der Waals surface area (Å²) in [5.74, 6) is 0.504. The predicted molar refractivity (Wildman–Crippen MR) is 78.5 cm³/mol. The Morgan fingerprint density at radius 3 is 2.90 bits per heavy atom. The molecule has 0 unspecified atom stereocenters. The fourth-order valence-corrected chi connectivity index (χ4v) is 1.98. The molecule has 0 fully saturated rings. The number of anilines is 2. The molecule has 0 saturated carbocycles. The van der Waals surface area contributed by atoms with E-state index in [0.29, 0.717) is 17.9 Å². The minimum absolute atomic E-state index is 0.127. The van der Waals surface area contributed by atoms with Crippen LogP contribution < -0.4 is 10.6 Å². The molecule has 1 amide bonds. The van der Waals surface area contributed by atoms with Gasteiger partial charge in [-0.15, -0.1) is 0 Å². The Morgan fingerprint density at radius 2 is 2.14 bits per heavy atom. The third-order valence-electron chi connectivity index (χ3n) is 2.95. The molecule has 3 heterocycles. The van der Waals surface area contributed by atoms with E-state index in [1.165, 1.54) is 6.33 Å². The van der Waals surface area contributed by atoms with Gasteiger partial charge < -0.3 is 10.6 Å². The molecule has 3 aromatic heterocycles. The van der Waals surface area contributed by atoms with E-state index < -0.39 is 0 Å². The molecule has 0 aliphatic rings. The van der Waals surface area contributed by atoms with E-state index in [9.17, 15) is 4.79 Å². The van der Waals surface area contributed by atoms with Gasteiger partial charge in [-0.3, -0.25) is 9.78 Å². The van der Waals surface area contributed by atoms with Crippen molar-refractivity contribution in [1.82, 2.24) is 24.9 Å². The molecule has 0 aliphatic carbocycles. The summed E-state index contributed by atoms with van der Waals surface area (Å²) in [5, 5.41) is 10.1. The van der Waals surface area contributed by atoms with Gasteiger partial charge in [-0.25, -0.2) is 9.50 Å². The summed E-state index contributed by atoms with van der Waals surface area (Å²) in [4.78, 5) is 20.1. The second-order valence-electron chi connectivity index (χ2n) is 4.39. The highest BCUT2D eigenvalue weighted by Crippen LogP contribution is 2.20. The summed E-state index contributed by atoms with van der Waals surface area (Å²) in [5.41, 5.74) is 2.15. The fraction of sp³-hybridized carbons (Fsp3) is 0.143. The maximum atomic E-state index is 11.9. The van der Waals surface area contributed by atoms with Crippen LogP contribution >= 0.6 is 0 Å². The van der Waals surface area contributed by atoms with Crippen molar-refractivity contribution in [2.45, 2.75) is 6.92 Å². The Balaban J connectivity index is 1.98. The van der Waals surface area contributed by atoms with Crippen LogP contribution in [0.1, 0.15) is 17.3 Å². The molecule has 106 valence electrons. The van der Waals surface area contributed by atoms with Gasteiger partial charge in [-0.1, -0.05) is 0 Å². The highest BCUT2D eigenvalue weighted by Gasteiger charge is 2.11. The summed E-state index contributed by atoms with van der Waals surface area (Å²) in [7, 11) is 0. The highest BCUT2D eigenvalue weighted by molar-refractivity contribution is 5.96. The van der Waals surface area contributed by atoms with Crippen LogP contribution in [-0.4, -0.2) is 32.0 Å². The Hall–Kier alpha value is -2.96. The first-order valence-electron chi connectivity index (χ1n) is 6.56. The SMILES string of the molecule is CCNC(=O)c1cc2c(Nc3ccncc3)ncnn2c1. The van der Waals surface area contributed by atoms with Crippen LogP contribution in [0.3, 0.4) is 0 Å². The molecule has 2 N–H and O–H groups in total. The van der Waals surface area contributed by atoms with Crippen molar-refractivity contribution < 1.29 is 4.79 Å². The smallest absolute Gasteiger partial charge is 0.252 e. The van der Waals surface area contributed by atoms with Crippen molar-refractivity contribution in [3.05, 3.63) is 48.7 Å². The zero-order valence-corrected chi connectivity index (χ0v) is 11.4. The second kappa shape index (κ2) is 5.58. The van der Waals surface area contributed by atoms with Crippen molar-refractivity contribution in [3.8, 4) is 0 Å². The minimum atomic E-state index is -0.127. The molecule has 7 nitrogen and oxygen atoms in total. The largest absolute Gasteiger partial charge is 0.352 e. The molecule has 0 spiro atoms. The normalized spacial score (nSPS) is 10.5. The first-order valence-corrected chi connectivity index (χ1v) is 6.56. The summed E-state index contributed by atoms with van der Waals surface area (Å²) in [6.45, 7) is 2.46. The van der Waals surface area contributed by atoms with Gasteiger partial charge in [0.1, 0.15) is 11.8 Å². The number of hydrogen-bond acceptors (Lipinski definition) is 5. The number of rotatable bonds is 4. The van der Waals surface area contributed by atoms with Gasteiger partial charge in [0.05, 0.1) is 5.56 Å². The number of amides is 1. The first kappa shape index (κ1) is 13.0. The summed E-state index contributed by atoms with van der Waals surface area (Å²) in [6.07, 6.45) is 6.51. The van der Waals surface area contributed by atoms with Gasteiger partial charge in [0.2, 0.25) is 0 Å². The van der Waals surface area contributed by atoms with Gasteiger partial charge in [0.25, 0.3) is 5.91 Å². The summed E-state index contributed by atoms with van der Waals surface area (Å²) in [6, 6.07) is 5.44. The number of fused-ring (bicyclic) bond motifs is 1. The van der Waals surface area contributed by atoms with Crippen LogP contribution in [-0.2, 0) is 0 Å². The van der Waals surface area contributed by atoms with Crippen LogP contribution in [0, 0.1) is 0 Å². The van der Waals surface area contributed by atoms with Crippen LogP contribution in [0.25, 0.3) is 5.52 Å². The molecular formula is C14H14N6O. The van der Waals surface area contributed by atoms with E-state index in [1.54, 1.807) is 29.2 Å². The van der Waals surface area contributed by atoms with Gasteiger partial charge >= 0.3 is 0 Å². The number of carbonyl (C=O) groups is 1. The molecule has 0 aliphatic heterocycles. The second-order valence-corrected chi connectivity index (χ2v) is 4.39. The van der Waals surface area contributed by atoms with Crippen molar-refractivity contribution in [1.29, 1.82) is 0 Å². The molecule has 0 atom stereocenters. The number of hydrogen-bond donors (Lipinski definition) is 2. The predicted octanol–water partition coefficient (Wildman–Crippen LogP) is 1.62. The zero-order chi connectivity index (χ0) is 14.7. The molecule has 0 saturated heterocycles. The monoisotopic (exact) mass is 282 g/mol. The lowest BCUT2D eigenvalue weighted by molar-refractivity contribution is 0.0956. The lowest BCUT2D eigenvalue weighted by Gasteiger charge is -2.05. The number of aromatic nitrogens is 4. The summed E-state index contributed by atoms with van der Waals surface area (Å²) < 4.78 is 1.63. The van der Waals surface area contributed by atoms with E-state index in [0.717, 1.165) is 11.2 Å². The first-order chi connectivity index (χ1) is 10.3. The van der Waals surface area contributed by atoms with E-state index in [-0.39, 0.29) is 5.91 Å². The minimum Gasteiger partial charge on any atom is -0.352 e. The summed E-state index contributed by atoms with van der Waals surface area (Å²) >= 11 is 0. The molecule has 3 rings (SSSR count). The van der Waals surface area contributed by atoms with Crippen LogP contribution in [0.5, 0.6) is 0 Å². The highest BCUT2D eigenvalue weighted by atomic mass is 16.1. The molecule has 3 aromatic rings. The number of nitrogens with zero attached hydrogens (tertiary/aromatic N) is 4. The van der Waals surface area contributed by atoms with E-state index in [2.05, 4.69) is 25.7 Å². The van der Waals surface area contributed by atoms with E-state index in [1.807, 2.05) is 19.1 Å². The molecular weight excluding hydrogens is 268 g/mol. The molecule has 0 aromatic carbocycles. The quantitative estimate of drug-likeness (QED) is 0.759. The van der Waals surface area contributed by atoms with E-state index >= 15 is 0 Å². The molecule has 0 bridgehead atoms. The van der Waals surface area contributed by atoms with Gasteiger partial charge in [-0.2, -0.15) is 5.10 Å². The molecule has 21 heavy (non-hydrogen) atoms. The van der Waals surface area contributed by atoms with Crippen molar-refractivity contribution in [2.75, 3.05) is 11.9 Å². The Bertz CT molecular complexity index is 767. The number of pyridine rings is 1. The van der Waals surface area contributed by atoms with E-state index in [4.69, 9.17) is 0 Å². The zero-order valence-electron chi connectivity index (χ0n) is 11.4. The van der Waals surface area contributed by atoms with Gasteiger partial charge in [-0.05, 0) is 25.1 Å². The standard InChI is InChI=1S/C14H14N6O/c1-2-16-14(21)10-7-12-13(17-9-18-20(12)8-10)19-11-3-5-15-6-4-11/h3-9H,2H2,1H3,(H,16,21)(H,15,17,18,19). The van der Waals surface area contributed by atoms with Crippen molar-refractivity contribution in [3.63, 3.8) is 0 Å². The van der Waals surface area contributed by atoms with Crippen LogP contribution in [0.4, 0.5) is 11.5 Å². The lowest BCUT2D eigenvalue weighted by atomic mass is 10.3. The topological polar surface area (TPSA) is 84.2 Å². The van der Waals surface area contributed by atoms with Gasteiger partial charge in [0.15, 0.2) is 5.82 Å². The van der Waals surface area contributed by atoms with Crippen LogP contribution in [0.2, 0.25) is 0 Å². The fourth-order valence-electron chi connectivity index (χ4n) is 1.98. The van der Waals surface area contributed by atoms with Crippen molar-refractivity contribution >= 4 is 22.9 Å². The average molecular weight is 282 g/mol.